The summed E-state index contributed by atoms with van der Waals surface area (Å²) in [5.41, 5.74) is 3.06. The largest absolute Gasteiger partial charge is 0.507 e. The predicted molar refractivity (Wildman–Crippen MR) is 102 cm³/mol. The molecule has 1 atom stereocenters. The number of phenolic OH excluding ortho intramolecular Hbond substituents is 1. The summed E-state index contributed by atoms with van der Waals surface area (Å²) >= 11 is 3.61. The van der Waals surface area contributed by atoms with Crippen LogP contribution in [-0.4, -0.2) is 36.2 Å². The molecule has 0 amide bonds. The van der Waals surface area contributed by atoms with Crippen molar-refractivity contribution in [3.05, 3.63) is 39.9 Å². The molecule has 0 spiro atoms. The first-order chi connectivity index (χ1) is 9.50. The fourth-order valence-electron chi connectivity index (χ4n) is 2.75. The summed E-state index contributed by atoms with van der Waals surface area (Å²) in [5.74, 6) is 0.407. The molecule has 3 nitrogen and oxygen atoms in total. The first-order valence-electron chi connectivity index (χ1n) is 7.08. The van der Waals surface area contributed by atoms with Gasteiger partial charge in [0.25, 0.3) is 0 Å². The zero-order chi connectivity index (χ0) is 14.7. The van der Waals surface area contributed by atoms with E-state index in [0.29, 0.717) is 5.75 Å². The second-order valence-corrected chi connectivity index (χ2v) is 6.44. The van der Waals surface area contributed by atoms with Crippen LogP contribution in [0.5, 0.6) is 5.75 Å². The Morgan fingerprint density at radius 1 is 1.36 bits per heavy atom. The number of aromatic hydroxyl groups is 1. The fraction of sp³-hybridized carbons (Fsp3) is 0.500. The van der Waals surface area contributed by atoms with Gasteiger partial charge in [0.2, 0.25) is 0 Å². The molecule has 0 aromatic heterocycles. The average molecular weight is 412 g/mol. The number of rotatable bonds is 4. The van der Waals surface area contributed by atoms with Gasteiger partial charge in [-0.25, -0.2) is 0 Å². The van der Waals surface area contributed by atoms with Crippen molar-refractivity contribution in [2.75, 3.05) is 26.2 Å². The first kappa shape index (κ1) is 21.7. The molecule has 1 aromatic carbocycles. The second kappa shape index (κ2) is 9.78. The molecule has 0 aliphatic carbocycles. The normalized spacial score (nSPS) is 16.3. The van der Waals surface area contributed by atoms with E-state index >= 15 is 0 Å². The average Bonchev–Trinajstić information content (AvgIpc) is 2.43. The monoisotopic (exact) mass is 410 g/mol. The van der Waals surface area contributed by atoms with Crippen molar-refractivity contribution in [3.8, 4) is 5.75 Å². The van der Waals surface area contributed by atoms with Crippen LogP contribution in [0.2, 0.25) is 0 Å². The third kappa shape index (κ3) is 5.14. The molecule has 0 radical (unpaired) electrons. The van der Waals surface area contributed by atoms with Gasteiger partial charge in [0.05, 0.1) is 0 Å². The van der Waals surface area contributed by atoms with E-state index in [4.69, 9.17) is 0 Å². The van der Waals surface area contributed by atoms with Crippen molar-refractivity contribution in [2.24, 2.45) is 0 Å². The van der Waals surface area contributed by atoms with Crippen LogP contribution in [0.4, 0.5) is 0 Å². The van der Waals surface area contributed by atoms with Gasteiger partial charge >= 0.3 is 0 Å². The molecule has 0 saturated carbocycles. The van der Waals surface area contributed by atoms with E-state index in [0.717, 1.165) is 53.8 Å². The van der Waals surface area contributed by atoms with Crippen LogP contribution in [0, 0.1) is 6.92 Å². The molecule has 1 aliphatic heterocycles. The summed E-state index contributed by atoms with van der Waals surface area (Å²) in [6.45, 7) is 12.0. The summed E-state index contributed by atoms with van der Waals surface area (Å²) in [4.78, 5) is 2.43. The topological polar surface area (TPSA) is 35.5 Å². The summed E-state index contributed by atoms with van der Waals surface area (Å²) in [7, 11) is 0. The van der Waals surface area contributed by atoms with Gasteiger partial charge in [-0.15, -0.1) is 31.4 Å². The molecule has 2 N–H and O–H groups in total. The lowest BCUT2D eigenvalue weighted by atomic mass is 9.95. The van der Waals surface area contributed by atoms with Gasteiger partial charge < -0.3 is 10.4 Å². The van der Waals surface area contributed by atoms with Gasteiger partial charge in [-0.2, -0.15) is 0 Å². The Hall–Kier alpha value is -0.260. The molecule has 6 heteroatoms. The summed E-state index contributed by atoms with van der Waals surface area (Å²) < 4.78 is 0.977. The Kier molecular flexibility index (Phi) is 9.67. The lowest BCUT2D eigenvalue weighted by Gasteiger charge is -2.36. The molecule has 126 valence electrons. The number of piperazine rings is 1. The molecule has 0 bridgehead atoms. The number of benzene rings is 1. The van der Waals surface area contributed by atoms with E-state index in [-0.39, 0.29) is 30.9 Å². The molecule has 1 aromatic rings. The lowest BCUT2D eigenvalue weighted by Crippen LogP contribution is -2.45. The van der Waals surface area contributed by atoms with Crippen molar-refractivity contribution < 1.29 is 5.11 Å². The number of nitrogens with zero attached hydrogens (tertiary/aromatic N) is 1. The maximum Gasteiger partial charge on any atom is 0.124 e. The van der Waals surface area contributed by atoms with E-state index in [1.165, 1.54) is 0 Å². The van der Waals surface area contributed by atoms with Gasteiger partial charge in [0.15, 0.2) is 0 Å². The molecule has 1 heterocycles. The maximum atomic E-state index is 10.5. The molecule has 2 rings (SSSR count). The molecule has 1 aliphatic rings. The summed E-state index contributed by atoms with van der Waals surface area (Å²) in [6, 6.07) is 4.15. The van der Waals surface area contributed by atoms with Crippen molar-refractivity contribution in [1.29, 1.82) is 0 Å². The Balaban J connectivity index is 0.00000220. The minimum atomic E-state index is 0. The highest BCUT2D eigenvalue weighted by molar-refractivity contribution is 9.10. The zero-order valence-electron chi connectivity index (χ0n) is 13.1. The summed E-state index contributed by atoms with van der Waals surface area (Å²) in [6.07, 6.45) is 0.871. The second-order valence-electron chi connectivity index (χ2n) is 5.59. The van der Waals surface area contributed by atoms with Crippen molar-refractivity contribution in [1.82, 2.24) is 10.2 Å². The van der Waals surface area contributed by atoms with Crippen LogP contribution in [-0.2, 0) is 0 Å². The molecular formula is C16H25BrCl2N2O. The highest BCUT2D eigenvalue weighted by Gasteiger charge is 2.26. The standard InChI is InChI=1S/C16H23BrN2O.2ClH/c1-11(2)10-14(19-8-6-18-7-9-19)15-13(17)5-4-12(3)16(15)20;;/h4-5,14,18,20H,1,6-10H2,2-3H3;2*1H/t14-;;/m1../s1. The van der Waals surface area contributed by atoms with Crippen LogP contribution in [0.25, 0.3) is 0 Å². The molecular weight excluding hydrogens is 387 g/mol. The van der Waals surface area contributed by atoms with E-state index in [9.17, 15) is 5.11 Å². The fourth-order valence-corrected chi connectivity index (χ4v) is 3.33. The number of halogens is 3. The molecule has 1 saturated heterocycles. The van der Waals surface area contributed by atoms with Crippen LogP contribution in [0.3, 0.4) is 0 Å². The Bertz CT molecular complexity index is 505. The maximum absolute atomic E-state index is 10.5. The molecule has 22 heavy (non-hydrogen) atoms. The highest BCUT2D eigenvalue weighted by atomic mass is 79.9. The number of phenols is 1. The van der Waals surface area contributed by atoms with Crippen molar-refractivity contribution >= 4 is 40.7 Å². The Morgan fingerprint density at radius 2 is 1.95 bits per heavy atom. The minimum absolute atomic E-state index is 0. The van der Waals surface area contributed by atoms with Crippen LogP contribution in [0.1, 0.15) is 30.5 Å². The number of hydrogen-bond donors (Lipinski definition) is 2. The molecule has 0 unspecified atom stereocenters. The minimum Gasteiger partial charge on any atom is -0.507 e. The smallest absolute Gasteiger partial charge is 0.124 e. The number of hydrogen-bond acceptors (Lipinski definition) is 3. The SMILES string of the molecule is C=C(C)C[C@H](c1c(Br)ccc(C)c1O)N1CCNCC1.Cl.Cl. The van der Waals surface area contributed by atoms with E-state index in [1.54, 1.807) is 0 Å². The number of aryl methyl sites for hydroxylation is 1. The van der Waals surface area contributed by atoms with E-state index in [2.05, 4.69) is 39.6 Å². The number of nitrogens with one attached hydrogen (secondary N) is 1. The van der Waals surface area contributed by atoms with Crippen LogP contribution < -0.4 is 5.32 Å². The lowest BCUT2D eigenvalue weighted by molar-refractivity contribution is 0.169. The Labute approximate surface area is 154 Å². The summed E-state index contributed by atoms with van der Waals surface area (Å²) in [5, 5.41) is 13.9. The first-order valence-corrected chi connectivity index (χ1v) is 7.87. The van der Waals surface area contributed by atoms with E-state index < -0.39 is 0 Å². The third-order valence-electron chi connectivity index (χ3n) is 3.83. The Morgan fingerprint density at radius 3 is 2.50 bits per heavy atom. The van der Waals surface area contributed by atoms with Gasteiger partial charge in [-0.1, -0.05) is 27.6 Å². The molecule has 1 fully saturated rings. The van der Waals surface area contributed by atoms with Crippen molar-refractivity contribution in [2.45, 2.75) is 26.3 Å². The van der Waals surface area contributed by atoms with Gasteiger partial charge in [0, 0.05) is 42.3 Å². The van der Waals surface area contributed by atoms with Gasteiger partial charge in [-0.05, 0) is 31.9 Å². The van der Waals surface area contributed by atoms with Crippen LogP contribution >= 0.6 is 40.7 Å². The zero-order valence-corrected chi connectivity index (χ0v) is 16.3. The quantitative estimate of drug-likeness (QED) is 0.728. The van der Waals surface area contributed by atoms with Gasteiger partial charge in [0.1, 0.15) is 5.75 Å². The van der Waals surface area contributed by atoms with E-state index in [1.807, 2.05) is 19.1 Å². The van der Waals surface area contributed by atoms with Crippen molar-refractivity contribution in [3.63, 3.8) is 0 Å². The van der Waals surface area contributed by atoms with Gasteiger partial charge in [-0.3, -0.25) is 4.90 Å². The third-order valence-corrected chi connectivity index (χ3v) is 4.52. The van der Waals surface area contributed by atoms with Crippen LogP contribution in [0.15, 0.2) is 28.8 Å². The highest BCUT2D eigenvalue weighted by Crippen LogP contribution is 2.40. The predicted octanol–water partition coefficient (Wildman–Crippen LogP) is 4.22.